The number of hydrogen-bond acceptors (Lipinski definition) is 13. The normalized spacial score (nSPS) is 18.9. The Morgan fingerprint density at radius 3 is 2.74 bits per heavy atom. The van der Waals surface area contributed by atoms with Gasteiger partial charge in [-0.3, -0.25) is 19.5 Å². The molecule has 42 heavy (non-hydrogen) atoms. The fourth-order valence-corrected chi connectivity index (χ4v) is 6.00. The molecule has 1 fully saturated rings. The van der Waals surface area contributed by atoms with Crippen molar-refractivity contribution in [1.82, 2.24) is 20.2 Å². The lowest BCUT2D eigenvalue weighted by Crippen LogP contribution is -2.71. The molecule has 2 atom stereocenters. The Bertz CT molecular complexity index is 1480. The van der Waals surface area contributed by atoms with E-state index in [1.165, 1.54) is 22.0 Å². The molecule has 220 valence electrons. The van der Waals surface area contributed by atoms with E-state index in [0.717, 1.165) is 16.9 Å². The molecule has 4 heterocycles. The third-order valence-electron chi connectivity index (χ3n) is 6.07. The van der Waals surface area contributed by atoms with Crippen molar-refractivity contribution in [1.29, 1.82) is 0 Å². The van der Waals surface area contributed by atoms with Crippen molar-refractivity contribution in [2.24, 2.45) is 5.16 Å². The Labute approximate surface area is 249 Å². The van der Waals surface area contributed by atoms with E-state index in [1.807, 2.05) is 13.0 Å². The monoisotopic (exact) mass is 612 g/mol. The minimum Gasteiger partial charge on any atom is -0.463 e. The van der Waals surface area contributed by atoms with Crippen molar-refractivity contribution in [3.63, 3.8) is 0 Å². The Morgan fingerprint density at radius 2 is 2.10 bits per heavy atom. The van der Waals surface area contributed by atoms with Gasteiger partial charge in [0.05, 0.1) is 12.2 Å². The number of allylic oxidation sites excluding steroid dienone is 2. The van der Waals surface area contributed by atoms with Crippen molar-refractivity contribution in [3.8, 4) is 0 Å². The summed E-state index contributed by atoms with van der Waals surface area (Å²) in [6.45, 7) is 3.32. The zero-order valence-electron chi connectivity index (χ0n) is 22.7. The van der Waals surface area contributed by atoms with Crippen LogP contribution in [0.2, 0.25) is 0 Å². The van der Waals surface area contributed by atoms with Crippen molar-refractivity contribution in [3.05, 3.63) is 70.2 Å². The first kappa shape index (κ1) is 30.5. The highest BCUT2D eigenvalue weighted by Crippen LogP contribution is 2.41. The second kappa shape index (κ2) is 13.9. The van der Waals surface area contributed by atoms with E-state index in [9.17, 15) is 24.4 Å². The number of nitrogens with zero attached hydrogens (tertiary/aromatic N) is 4. The largest absolute Gasteiger partial charge is 0.463 e. The third-order valence-corrected chi connectivity index (χ3v) is 8.04. The lowest BCUT2D eigenvalue weighted by molar-refractivity contribution is -0.152. The molecule has 1 saturated heterocycles. The van der Waals surface area contributed by atoms with Gasteiger partial charge in [-0.25, -0.2) is 14.6 Å². The van der Waals surface area contributed by atoms with Crippen LogP contribution in [0.15, 0.2) is 64.1 Å². The average Bonchev–Trinajstić information content (AvgIpc) is 3.42. The summed E-state index contributed by atoms with van der Waals surface area (Å²) in [6, 6.07) is 2.58. The molecule has 2 aromatic heterocycles. The van der Waals surface area contributed by atoms with Crippen LogP contribution in [0, 0.1) is 0 Å². The van der Waals surface area contributed by atoms with Crippen molar-refractivity contribution < 1.29 is 33.9 Å². The second-order valence-electron chi connectivity index (χ2n) is 8.81. The van der Waals surface area contributed by atoms with E-state index in [2.05, 4.69) is 20.4 Å². The molecule has 0 aromatic carbocycles. The van der Waals surface area contributed by atoms with Gasteiger partial charge in [0.15, 0.2) is 10.8 Å². The quantitative estimate of drug-likeness (QED) is 0.0842. The van der Waals surface area contributed by atoms with E-state index >= 15 is 0 Å². The van der Waals surface area contributed by atoms with Crippen LogP contribution in [-0.2, 0) is 28.7 Å². The van der Waals surface area contributed by atoms with Crippen molar-refractivity contribution >= 4 is 63.8 Å². The highest BCUT2D eigenvalue weighted by atomic mass is 32.2. The van der Waals surface area contributed by atoms with Crippen molar-refractivity contribution in [2.75, 3.05) is 24.7 Å². The number of amides is 2. The number of nitrogens with one attached hydrogen (secondary N) is 1. The number of fused-ring (bicyclic) bond motifs is 1. The number of nitrogens with two attached hydrogens (primary N) is 1. The van der Waals surface area contributed by atoms with E-state index in [0.29, 0.717) is 17.7 Å². The van der Waals surface area contributed by atoms with E-state index in [1.54, 1.807) is 43.6 Å². The maximum atomic E-state index is 13.4. The molecule has 0 saturated carbocycles. The zero-order chi connectivity index (χ0) is 30.2. The first-order valence-electron chi connectivity index (χ1n) is 12.8. The molecule has 4 N–H and O–H groups in total. The molecule has 0 aliphatic carbocycles. The molecule has 0 unspecified atom stereocenters. The maximum absolute atomic E-state index is 13.4. The molecule has 13 nitrogen and oxygen atoms in total. The molecule has 4 rings (SSSR count). The number of carbonyl (C=O) groups is 4. The number of hydrogen-bond donors (Lipinski definition) is 3. The molecule has 15 heteroatoms. The van der Waals surface area contributed by atoms with Crippen LogP contribution >= 0.6 is 23.1 Å². The van der Waals surface area contributed by atoms with Crippen LogP contribution in [0.3, 0.4) is 0 Å². The molecule has 2 amide bonds. The van der Waals surface area contributed by atoms with Gasteiger partial charge in [0.1, 0.15) is 29.4 Å². The van der Waals surface area contributed by atoms with Gasteiger partial charge < -0.3 is 25.7 Å². The number of thioether (sulfide) groups is 1. The van der Waals surface area contributed by atoms with E-state index in [4.69, 9.17) is 15.2 Å². The number of carbonyl (C=O) groups excluding carboxylic acids is 4. The summed E-state index contributed by atoms with van der Waals surface area (Å²) < 4.78 is 10.6. The third kappa shape index (κ3) is 6.69. The highest BCUT2D eigenvalue weighted by molar-refractivity contribution is 8.00. The molecule has 0 radical (unpaired) electrons. The van der Waals surface area contributed by atoms with Crippen LogP contribution in [0.5, 0.6) is 0 Å². The predicted octanol–water partition coefficient (Wildman–Crippen LogP) is 2.11. The first-order chi connectivity index (χ1) is 20.3. The number of oxime groups is 1. The van der Waals surface area contributed by atoms with Crippen LogP contribution in [0.25, 0.3) is 6.08 Å². The van der Waals surface area contributed by atoms with Crippen LogP contribution < -0.4 is 11.1 Å². The summed E-state index contributed by atoms with van der Waals surface area (Å²) in [4.78, 5) is 61.2. The fraction of sp³-hybridized carbons (Fsp3) is 0.296. The summed E-state index contributed by atoms with van der Waals surface area (Å²) >= 11 is 2.39. The average molecular weight is 613 g/mol. The lowest BCUT2D eigenvalue weighted by atomic mass is 10.0. The van der Waals surface area contributed by atoms with Gasteiger partial charge in [0.25, 0.3) is 11.8 Å². The molecule has 2 aliphatic rings. The standard InChI is InChI=1S/C27H28N6O7S2/c1-3-6-16(25(36)39-4-2)12-40-26(37)21-17(9-8-15-7-5-10-29-11-15)13-41-24-20(23(35)33(21)24)31-22(34)19(32-38)18-14-42-27(28)30-18/h5-11,14,20,24,38H,3-4,12-13H2,1-2H3,(H2,28,30)(H,31,34)/b9-8-,16-6+,32-19?/t20-,24+/m1/s1. The zero-order valence-corrected chi connectivity index (χ0v) is 24.3. The maximum Gasteiger partial charge on any atom is 0.355 e. The number of aromatic nitrogens is 2. The van der Waals surface area contributed by atoms with Crippen LogP contribution in [0.4, 0.5) is 5.13 Å². The number of rotatable bonds is 11. The van der Waals surface area contributed by atoms with Gasteiger partial charge >= 0.3 is 11.9 Å². The summed E-state index contributed by atoms with van der Waals surface area (Å²) in [5, 5.41) is 16.0. The van der Waals surface area contributed by atoms with Gasteiger partial charge in [-0.1, -0.05) is 36.4 Å². The van der Waals surface area contributed by atoms with Crippen molar-refractivity contribution in [2.45, 2.75) is 31.7 Å². The number of pyridine rings is 1. The molecule has 0 bridgehead atoms. The molecule has 2 aromatic rings. The summed E-state index contributed by atoms with van der Waals surface area (Å²) in [7, 11) is 0. The predicted molar refractivity (Wildman–Crippen MR) is 156 cm³/mol. The van der Waals surface area contributed by atoms with E-state index < -0.39 is 40.9 Å². The number of esters is 2. The Hall–Kier alpha value is -4.50. The first-order valence-corrected chi connectivity index (χ1v) is 14.7. The number of nitrogen functional groups attached to an aromatic ring is 1. The smallest absolute Gasteiger partial charge is 0.355 e. The van der Waals surface area contributed by atoms with Crippen LogP contribution in [0.1, 0.15) is 31.5 Å². The Morgan fingerprint density at radius 1 is 1.29 bits per heavy atom. The van der Waals surface area contributed by atoms with Crippen LogP contribution in [-0.4, -0.2) is 79.9 Å². The topological polar surface area (TPSA) is 186 Å². The fourth-order valence-electron chi connectivity index (χ4n) is 4.13. The van der Waals surface area contributed by atoms with Gasteiger partial charge in [-0.2, -0.15) is 0 Å². The highest BCUT2D eigenvalue weighted by Gasteiger charge is 2.54. The van der Waals surface area contributed by atoms with Gasteiger partial charge in [-0.05, 0) is 30.5 Å². The Balaban J connectivity index is 1.57. The molecule has 0 spiro atoms. The van der Waals surface area contributed by atoms with Gasteiger partial charge in [-0.15, -0.1) is 23.1 Å². The van der Waals surface area contributed by atoms with Gasteiger partial charge in [0, 0.05) is 23.5 Å². The number of thiazole rings is 1. The molecular formula is C27H28N6O7S2. The number of anilines is 1. The minimum atomic E-state index is -1.02. The summed E-state index contributed by atoms with van der Waals surface area (Å²) in [5.74, 6) is -2.50. The second-order valence-corrected chi connectivity index (χ2v) is 10.8. The minimum absolute atomic E-state index is 0.00239. The Kier molecular flexibility index (Phi) is 10.1. The van der Waals surface area contributed by atoms with E-state index in [-0.39, 0.29) is 35.3 Å². The number of ether oxygens (including phenoxy) is 2. The van der Waals surface area contributed by atoms with Gasteiger partial charge in [0.2, 0.25) is 0 Å². The lowest BCUT2D eigenvalue weighted by Gasteiger charge is -2.49. The molecular weight excluding hydrogens is 584 g/mol. The number of β-lactam (4-membered cyclic amide) rings is 1. The molecule has 2 aliphatic heterocycles. The SMILES string of the molecule is CC/C=C(\COC(=O)C1=C(/C=C\c2cccnc2)CS[C@H]2[C@H](NC(=O)C(=NO)c3csc(N)n3)C(=O)N12)C(=O)OCC. The summed E-state index contributed by atoms with van der Waals surface area (Å²) in [6.07, 6.45) is 8.86. The summed E-state index contributed by atoms with van der Waals surface area (Å²) in [5.41, 5.74) is 6.74.